The number of nitrogens with zero attached hydrogens (tertiary/aromatic N) is 2. The van der Waals surface area contributed by atoms with Crippen molar-refractivity contribution in [1.82, 2.24) is 9.88 Å². The third kappa shape index (κ3) is 3.68. The van der Waals surface area contributed by atoms with E-state index in [1.54, 1.807) is 6.20 Å². The first-order valence-electron chi connectivity index (χ1n) is 6.57. The Kier molecular flexibility index (Phi) is 4.81. The Labute approximate surface area is 109 Å². The molecule has 1 aromatic heterocycles. The smallest absolute Gasteiger partial charge is 0.133 e. The van der Waals surface area contributed by atoms with Crippen molar-refractivity contribution < 1.29 is 0 Å². The molecule has 0 unspecified atom stereocenters. The first kappa shape index (κ1) is 12.8. The summed E-state index contributed by atoms with van der Waals surface area (Å²) in [6.45, 7) is 0.914. The lowest BCUT2D eigenvalue weighted by molar-refractivity contribution is 0.213. The molecule has 94 valence electrons. The van der Waals surface area contributed by atoms with E-state index in [0.29, 0.717) is 11.2 Å². The molecule has 1 heterocycles. The number of pyridine rings is 1. The number of aromatic nitrogens is 1. The molecule has 0 aliphatic heterocycles. The highest BCUT2D eigenvalue weighted by molar-refractivity contribution is 6.30. The summed E-state index contributed by atoms with van der Waals surface area (Å²) in [7, 11) is 2.21. The number of rotatable bonds is 3. The minimum atomic E-state index is 0.646. The summed E-state index contributed by atoms with van der Waals surface area (Å²) in [5.41, 5.74) is 1.14. The highest BCUT2D eigenvalue weighted by Crippen LogP contribution is 2.23. The molecule has 1 saturated carbocycles. The van der Waals surface area contributed by atoms with E-state index in [4.69, 9.17) is 11.6 Å². The van der Waals surface area contributed by atoms with Gasteiger partial charge in [-0.25, -0.2) is 4.98 Å². The Bertz CT molecular complexity index is 346. The average Bonchev–Trinajstić information content (AvgIpc) is 2.61. The van der Waals surface area contributed by atoms with Crippen LogP contribution in [0, 0.1) is 0 Å². The predicted octanol–water partition coefficient (Wildman–Crippen LogP) is 3.89. The zero-order valence-electron chi connectivity index (χ0n) is 10.5. The summed E-state index contributed by atoms with van der Waals surface area (Å²) in [5, 5.41) is 0.646. The summed E-state index contributed by atoms with van der Waals surface area (Å²) in [4.78, 5) is 6.57. The van der Waals surface area contributed by atoms with Crippen LogP contribution in [0.25, 0.3) is 0 Å². The highest BCUT2D eigenvalue weighted by Gasteiger charge is 2.17. The van der Waals surface area contributed by atoms with Crippen LogP contribution >= 0.6 is 11.6 Å². The van der Waals surface area contributed by atoms with Gasteiger partial charge in [0.05, 0.1) is 0 Å². The fourth-order valence-electron chi connectivity index (χ4n) is 2.63. The minimum absolute atomic E-state index is 0.646. The molecule has 1 fully saturated rings. The molecule has 0 radical (unpaired) electrons. The quantitative estimate of drug-likeness (QED) is 0.599. The van der Waals surface area contributed by atoms with Gasteiger partial charge in [0.25, 0.3) is 0 Å². The van der Waals surface area contributed by atoms with Gasteiger partial charge in [0.15, 0.2) is 0 Å². The molecule has 0 amide bonds. The molecule has 2 rings (SSSR count). The summed E-state index contributed by atoms with van der Waals surface area (Å²) in [6.07, 6.45) is 9.95. The van der Waals surface area contributed by atoms with Gasteiger partial charge in [-0.05, 0) is 26.0 Å². The van der Waals surface area contributed by atoms with Gasteiger partial charge in [0, 0.05) is 24.3 Å². The highest BCUT2D eigenvalue weighted by atomic mass is 35.5. The van der Waals surface area contributed by atoms with Gasteiger partial charge >= 0.3 is 0 Å². The van der Waals surface area contributed by atoms with E-state index in [9.17, 15) is 0 Å². The normalized spacial score (nSPS) is 18.3. The second-order valence-electron chi connectivity index (χ2n) is 5.01. The number of halogens is 1. The van der Waals surface area contributed by atoms with Gasteiger partial charge < -0.3 is 0 Å². The summed E-state index contributed by atoms with van der Waals surface area (Å²) >= 11 is 6.10. The topological polar surface area (TPSA) is 16.1 Å². The Morgan fingerprint density at radius 3 is 2.65 bits per heavy atom. The maximum Gasteiger partial charge on any atom is 0.133 e. The van der Waals surface area contributed by atoms with E-state index in [-0.39, 0.29) is 0 Å². The first-order valence-corrected chi connectivity index (χ1v) is 6.95. The Morgan fingerprint density at radius 2 is 2.00 bits per heavy atom. The predicted molar refractivity (Wildman–Crippen MR) is 72.2 cm³/mol. The van der Waals surface area contributed by atoms with Crippen molar-refractivity contribution in [3.8, 4) is 0 Å². The van der Waals surface area contributed by atoms with Crippen molar-refractivity contribution in [3.63, 3.8) is 0 Å². The second kappa shape index (κ2) is 6.36. The molecule has 0 spiro atoms. The molecule has 17 heavy (non-hydrogen) atoms. The van der Waals surface area contributed by atoms with Crippen molar-refractivity contribution in [2.24, 2.45) is 0 Å². The van der Waals surface area contributed by atoms with Crippen molar-refractivity contribution in [2.75, 3.05) is 7.05 Å². The lowest BCUT2D eigenvalue weighted by atomic mass is 10.1. The van der Waals surface area contributed by atoms with Gasteiger partial charge in [0.2, 0.25) is 0 Å². The molecule has 2 nitrogen and oxygen atoms in total. The summed E-state index contributed by atoms with van der Waals surface area (Å²) < 4.78 is 0. The monoisotopic (exact) mass is 252 g/mol. The molecule has 0 N–H and O–H groups in total. The van der Waals surface area contributed by atoms with Crippen LogP contribution in [0.5, 0.6) is 0 Å². The fourth-order valence-corrected chi connectivity index (χ4v) is 2.81. The van der Waals surface area contributed by atoms with Gasteiger partial charge in [-0.3, -0.25) is 4.90 Å². The van der Waals surface area contributed by atoms with Gasteiger partial charge in [-0.1, -0.05) is 43.4 Å². The SMILES string of the molecule is CN(Cc1cccnc1Cl)C1CCCCCC1. The largest absolute Gasteiger partial charge is 0.299 e. The zero-order valence-corrected chi connectivity index (χ0v) is 11.3. The maximum atomic E-state index is 6.10. The molecule has 3 heteroatoms. The molecule has 0 atom stereocenters. The third-order valence-corrected chi connectivity index (χ3v) is 4.04. The van der Waals surface area contributed by atoms with Crippen molar-refractivity contribution in [2.45, 2.75) is 51.1 Å². The third-order valence-electron chi connectivity index (χ3n) is 3.70. The van der Waals surface area contributed by atoms with Crippen molar-refractivity contribution in [3.05, 3.63) is 29.0 Å². The molecule has 0 bridgehead atoms. The van der Waals surface area contributed by atoms with Crippen LogP contribution in [0.1, 0.15) is 44.1 Å². The standard InChI is InChI=1S/C14H21ClN2/c1-17(13-8-4-2-3-5-9-13)11-12-7-6-10-16-14(12)15/h6-7,10,13H,2-5,8-9,11H2,1H3. The Balaban J connectivity index is 1.95. The van der Waals surface area contributed by atoms with E-state index in [0.717, 1.165) is 12.1 Å². The van der Waals surface area contributed by atoms with Crippen molar-refractivity contribution in [1.29, 1.82) is 0 Å². The van der Waals surface area contributed by atoms with Gasteiger partial charge in [0.1, 0.15) is 5.15 Å². The van der Waals surface area contributed by atoms with E-state index < -0.39 is 0 Å². The minimum Gasteiger partial charge on any atom is -0.299 e. The van der Waals surface area contributed by atoms with E-state index in [1.807, 2.05) is 6.07 Å². The van der Waals surface area contributed by atoms with E-state index >= 15 is 0 Å². The van der Waals surface area contributed by atoms with Crippen LogP contribution in [0.2, 0.25) is 5.15 Å². The Morgan fingerprint density at radius 1 is 1.29 bits per heavy atom. The number of hydrogen-bond donors (Lipinski definition) is 0. The molecule has 1 aliphatic carbocycles. The fraction of sp³-hybridized carbons (Fsp3) is 0.643. The van der Waals surface area contributed by atoms with Crippen LogP contribution in [0.3, 0.4) is 0 Å². The molecule has 0 saturated heterocycles. The molecule has 0 aromatic carbocycles. The van der Waals surface area contributed by atoms with E-state index in [2.05, 4.69) is 23.0 Å². The second-order valence-corrected chi connectivity index (χ2v) is 5.37. The summed E-state index contributed by atoms with van der Waals surface area (Å²) in [6, 6.07) is 4.75. The molecular formula is C14H21ClN2. The summed E-state index contributed by atoms with van der Waals surface area (Å²) in [5.74, 6) is 0. The van der Waals surface area contributed by atoms with Crippen LogP contribution < -0.4 is 0 Å². The maximum absolute atomic E-state index is 6.10. The van der Waals surface area contributed by atoms with Crippen molar-refractivity contribution >= 4 is 11.6 Å². The van der Waals surface area contributed by atoms with Crippen LogP contribution in [-0.2, 0) is 6.54 Å². The van der Waals surface area contributed by atoms with Gasteiger partial charge in [-0.15, -0.1) is 0 Å². The number of hydrogen-bond acceptors (Lipinski definition) is 2. The van der Waals surface area contributed by atoms with E-state index in [1.165, 1.54) is 38.5 Å². The molecule has 1 aliphatic rings. The Hall–Kier alpha value is -0.600. The zero-order chi connectivity index (χ0) is 12.1. The lowest BCUT2D eigenvalue weighted by Gasteiger charge is -2.27. The lowest BCUT2D eigenvalue weighted by Crippen LogP contribution is -2.30. The van der Waals surface area contributed by atoms with Gasteiger partial charge in [-0.2, -0.15) is 0 Å². The average molecular weight is 253 g/mol. The molecule has 1 aromatic rings. The van der Waals surface area contributed by atoms with Crippen LogP contribution in [0.15, 0.2) is 18.3 Å². The van der Waals surface area contributed by atoms with Crippen LogP contribution in [0.4, 0.5) is 0 Å². The van der Waals surface area contributed by atoms with Crippen LogP contribution in [-0.4, -0.2) is 23.0 Å². The molecular weight excluding hydrogens is 232 g/mol. The first-order chi connectivity index (χ1) is 8.27.